The van der Waals surface area contributed by atoms with Crippen molar-refractivity contribution in [2.24, 2.45) is 5.92 Å². The Morgan fingerprint density at radius 2 is 2.06 bits per heavy atom. The smallest absolute Gasteiger partial charge is 0.306 e. The van der Waals surface area contributed by atoms with Gasteiger partial charge in [-0.05, 0) is 50.3 Å². The van der Waals surface area contributed by atoms with Gasteiger partial charge in [-0.1, -0.05) is 23.3 Å². The van der Waals surface area contributed by atoms with Crippen molar-refractivity contribution in [1.29, 1.82) is 0 Å². The summed E-state index contributed by atoms with van der Waals surface area (Å²) in [5.41, 5.74) is 3.23. The third-order valence-electron chi connectivity index (χ3n) is 7.64. The van der Waals surface area contributed by atoms with Crippen LogP contribution in [0.1, 0.15) is 51.9 Å². The van der Waals surface area contributed by atoms with E-state index < -0.39 is 30.5 Å². The molecule has 8 nitrogen and oxygen atoms in total. The Labute approximate surface area is 204 Å². The predicted octanol–water partition coefficient (Wildman–Crippen LogP) is 2.87. The van der Waals surface area contributed by atoms with Crippen LogP contribution in [-0.4, -0.2) is 63.7 Å². The van der Waals surface area contributed by atoms with Gasteiger partial charge in [0.15, 0.2) is 5.78 Å². The number of aliphatic hydroxyl groups excluding tert-OH is 3. The molecular formula is C27H32O8. The fourth-order valence-electron chi connectivity index (χ4n) is 5.77. The number of hydrogen-bond donors (Lipinski definition) is 3. The first-order valence-corrected chi connectivity index (χ1v) is 12.4. The first-order chi connectivity index (χ1) is 16.8. The van der Waals surface area contributed by atoms with Gasteiger partial charge in [-0.25, -0.2) is 0 Å². The molecule has 5 aliphatic rings. The molecule has 5 rings (SSSR count). The Bertz CT molecular complexity index is 1050. The van der Waals surface area contributed by atoms with Crippen molar-refractivity contribution < 1.29 is 39.1 Å². The summed E-state index contributed by atoms with van der Waals surface area (Å²) in [4.78, 5) is 24.9. The molecule has 2 aliphatic heterocycles. The van der Waals surface area contributed by atoms with Gasteiger partial charge in [0.2, 0.25) is 0 Å². The van der Waals surface area contributed by atoms with E-state index in [1.54, 1.807) is 12.3 Å². The number of hydrogen-bond acceptors (Lipinski definition) is 8. The Hall–Kier alpha value is -2.68. The summed E-state index contributed by atoms with van der Waals surface area (Å²) in [5, 5.41) is 32.0. The van der Waals surface area contributed by atoms with E-state index in [0.29, 0.717) is 25.7 Å². The maximum absolute atomic E-state index is 13.3. The largest absolute Gasteiger partial charge is 0.507 e. The van der Waals surface area contributed by atoms with Gasteiger partial charge < -0.3 is 29.5 Å². The molecule has 0 aromatic rings. The maximum Gasteiger partial charge on any atom is 0.306 e. The van der Waals surface area contributed by atoms with Crippen LogP contribution in [0.25, 0.3) is 0 Å². The van der Waals surface area contributed by atoms with Crippen LogP contribution < -0.4 is 0 Å². The van der Waals surface area contributed by atoms with Crippen LogP contribution in [0, 0.1) is 5.92 Å². The zero-order valence-corrected chi connectivity index (χ0v) is 19.8. The minimum Gasteiger partial charge on any atom is -0.507 e. The van der Waals surface area contributed by atoms with E-state index >= 15 is 0 Å². The lowest BCUT2D eigenvalue weighted by molar-refractivity contribution is -0.210. The second-order valence-electron chi connectivity index (χ2n) is 10.1. The average molecular weight is 485 g/mol. The van der Waals surface area contributed by atoms with E-state index in [1.165, 1.54) is 0 Å². The summed E-state index contributed by atoms with van der Waals surface area (Å²) in [7, 11) is 0. The number of carbonyl (C=O) groups is 2. The zero-order valence-electron chi connectivity index (χ0n) is 19.8. The molecular weight excluding hydrogens is 452 g/mol. The lowest BCUT2D eigenvalue weighted by Gasteiger charge is -2.45. The molecule has 7 atom stereocenters. The molecule has 8 heteroatoms. The number of rotatable bonds is 6. The number of allylic oxidation sites excluding steroid dienone is 3. The Kier molecular flexibility index (Phi) is 6.70. The molecule has 2 fully saturated rings. The van der Waals surface area contributed by atoms with Crippen LogP contribution in [0.3, 0.4) is 0 Å². The number of ketones is 1. The van der Waals surface area contributed by atoms with Crippen molar-refractivity contribution >= 4 is 11.8 Å². The van der Waals surface area contributed by atoms with Crippen molar-refractivity contribution in [2.45, 2.75) is 88.5 Å². The van der Waals surface area contributed by atoms with E-state index in [4.69, 9.17) is 14.2 Å². The molecule has 1 saturated heterocycles. The molecule has 188 valence electrons. The van der Waals surface area contributed by atoms with E-state index in [1.807, 2.05) is 19.1 Å². The lowest BCUT2D eigenvalue weighted by atomic mass is 9.77. The van der Waals surface area contributed by atoms with Crippen LogP contribution in [-0.2, 0) is 23.8 Å². The number of Topliss-reactive ketones (excluding diaryl/α,β-unsaturated/α-hetero) is 1. The minimum absolute atomic E-state index is 0.0648. The molecule has 7 unspecified atom stereocenters. The van der Waals surface area contributed by atoms with E-state index in [9.17, 15) is 24.9 Å². The standard InChI is InChI=1S/C27H32O8/c1-14-10-19(29)24(18(28)5-2-15-3-6-20-16(12-15)8-9-33-20)21(11-14)34-22-13-17-4-7-23(30)35-27(17)26(32)25(22)31/h3,8-10,12,17,20-22,25-27,29,31-32H,2,4-7,11,13H2,1H3. The third kappa shape index (κ3) is 4.87. The maximum atomic E-state index is 13.3. The highest BCUT2D eigenvalue weighted by atomic mass is 16.6. The summed E-state index contributed by atoms with van der Waals surface area (Å²) >= 11 is 0. The van der Waals surface area contributed by atoms with Crippen LogP contribution in [0.2, 0.25) is 0 Å². The summed E-state index contributed by atoms with van der Waals surface area (Å²) in [6.07, 6.45) is 7.80. The van der Waals surface area contributed by atoms with Crippen LogP contribution in [0.5, 0.6) is 0 Å². The highest BCUT2D eigenvalue weighted by molar-refractivity contribution is 5.97. The molecule has 0 bridgehead atoms. The van der Waals surface area contributed by atoms with Crippen molar-refractivity contribution in [1.82, 2.24) is 0 Å². The third-order valence-corrected chi connectivity index (χ3v) is 7.64. The zero-order chi connectivity index (χ0) is 24.7. The predicted molar refractivity (Wildman–Crippen MR) is 125 cm³/mol. The second kappa shape index (κ2) is 9.76. The average Bonchev–Trinajstić information content (AvgIpc) is 3.29. The molecule has 1 saturated carbocycles. The normalized spacial score (nSPS) is 36.4. The monoisotopic (exact) mass is 484 g/mol. The fraction of sp³-hybridized carbons (Fsp3) is 0.556. The van der Waals surface area contributed by atoms with Crippen LogP contribution >= 0.6 is 0 Å². The SMILES string of the molecule is CC1=CC(O)=C(C(=O)CCC2=CCC3OC=CC3=C2)C(OC2CC3CCC(=O)OC3C(O)C2O)C1. The topological polar surface area (TPSA) is 123 Å². The number of esters is 1. The first kappa shape index (κ1) is 24.0. The number of aliphatic hydroxyl groups is 3. The van der Waals surface area contributed by atoms with Gasteiger partial charge in [-0.15, -0.1) is 0 Å². The van der Waals surface area contributed by atoms with Gasteiger partial charge in [-0.3, -0.25) is 9.59 Å². The summed E-state index contributed by atoms with van der Waals surface area (Å²) < 4.78 is 17.0. The highest BCUT2D eigenvalue weighted by Crippen LogP contribution is 2.38. The van der Waals surface area contributed by atoms with Gasteiger partial charge in [-0.2, -0.15) is 0 Å². The summed E-state index contributed by atoms with van der Waals surface area (Å²) in [6.45, 7) is 1.85. The van der Waals surface area contributed by atoms with Crippen molar-refractivity contribution in [3.63, 3.8) is 0 Å². The molecule has 0 aromatic heterocycles. The number of ether oxygens (including phenoxy) is 3. The molecule has 0 amide bonds. The van der Waals surface area contributed by atoms with Crippen molar-refractivity contribution in [2.75, 3.05) is 0 Å². The van der Waals surface area contributed by atoms with Crippen LogP contribution in [0.4, 0.5) is 0 Å². The summed E-state index contributed by atoms with van der Waals surface area (Å²) in [5.74, 6) is -0.813. The Morgan fingerprint density at radius 3 is 2.89 bits per heavy atom. The first-order valence-electron chi connectivity index (χ1n) is 12.4. The van der Waals surface area contributed by atoms with Crippen molar-refractivity contribution in [3.05, 3.63) is 58.6 Å². The quantitative estimate of drug-likeness (QED) is 0.492. The minimum atomic E-state index is -1.26. The molecule has 3 N–H and O–H groups in total. The molecule has 0 aromatic carbocycles. The Morgan fingerprint density at radius 1 is 1.23 bits per heavy atom. The lowest BCUT2D eigenvalue weighted by Crippen LogP contribution is -2.57. The molecule has 35 heavy (non-hydrogen) atoms. The van der Waals surface area contributed by atoms with Crippen LogP contribution in [0.15, 0.2) is 58.6 Å². The van der Waals surface area contributed by atoms with E-state index in [2.05, 4.69) is 6.08 Å². The number of fused-ring (bicyclic) bond motifs is 2. The van der Waals surface area contributed by atoms with Gasteiger partial charge in [0.1, 0.15) is 30.2 Å². The van der Waals surface area contributed by atoms with Gasteiger partial charge in [0, 0.05) is 25.2 Å². The highest BCUT2D eigenvalue weighted by Gasteiger charge is 2.49. The van der Waals surface area contributed by atoms with Gasteiger partial charge >= 0.3 is 5.97 Å². The van der Waals surface area contributed by atoms with E-state index in [0.717, 1.165) is 23.1 Å². The molecule has 3 aliphatic carbocycles. The van der Waals surface area contributed by atoms with Crippen molar-refractivity contribution in [3.8, 4) is 0 Å². The molecule has 0 spiro atoms. The molecule has 2 heterocycles. The van der Waals surface area contributed by atoms with E-state index in [-0.39, 0.29) is 47.9 Å². The Balaban J connectivity index is 1.27. The van der Waals surface area contributed by atoms with Gasteiger partial charge in [0.25, 0.3) is 0 Å². The second-order valence-corrected chi connectivity index (χ2v) is 10.1. The van der Waals surface area contributed by atoms with Gasteiger partial charge in [0.05, 0.1) is 24.0 Å². The fourth-order valence-corrected chi connectivity index (χ4v) is 5.77. The summed E-state index contributed by atoms with van der Waals surface area (Å²) in [6, 6.07) is 0. The molecule has 0 radical (unpaired) electrons. The number of carbonyl (C=O) groups excluding carboxylic acids is 2.